The minimum Gasteiger partial charge on any atom is -0.493 e. The van der Waals surface area contributed by atoms with Crippen LogP contribution in [0.3, 0.4) is 0 Å². The van der Waals surface area contributed by atoms with Gasteiger partial charge in [-0.1, -0.05) is 18.2 Å². The van der Waals surface area contributed by atoms with Gasteiger partial charge in [-0.3, -0.25) is 10.1 Å². The van der Waals surface area contributed by atoms with E-state index in [1.165, 1.54) is 7.11 Å². The molecule has 7 heteroatoms. The molecule has 0 radical (unpaired) electrons. The normalized spacial score (nSPS) is 16.4. The van der Waals surface area contributed by atoms with E-state index in [9.17, 15) is 4.79 Å². The summed E-state index contributed by atoms with van der Waals surface area (Å²) in [6.07, 6.45) is 2.10. The van der Waals surface area contributed by atoms with Crippen LogP contribution in [-0.2, 0) is 4.74 Å². The predicted octanol–water partition coefficient (Wildman–Crippen LogP) is 3.39. The van der Waals surface area contributed by atoms with E-state index in [0.717, 1.165) is 30.7 Å². The van der Waals surface area contributed by atoms with Crippen molar-refractivity contribution < 1.29 is 19.0 Å². The Morgan fingerprint density at radius 2 is 1.97 bits per heavy atom. The summed E-state index contributed by atoms with van der Waals surface area (Å²) in [5.41, 5.74) is 2.38. The van der Waals surface area contributed by atoms with Crippen molar-refractivity contribution in [1.82, 2.24) is 5.32 Å². The summed E-state index contributed by atoms with van der Waals surface area (Å²) in [6, 6.07) is 12.9. The summed E-state index contributed by atoms with van der Waals surface area (Å²) in [7, 11) is 3.09. The number of aliphatic imine (C=N–C) groups is 1. The van der Waals surface area contributed by atoms with Crippen molar-refractivity contribution in [2.24, 2.45) is 4.99 Å². The van der Waals surface area contributed by atoms with Crippen LogP contribution in [0.15, 0.2) is 47.5 Å². The van der Waals surface area contributed by atoms with E-state index in [1.807, 2.05) is 31.2 Å². The van der Waals surface area contributed by atoms with Gasteiger partial charge in [-0.05, 0) is 49.6 Å². The van der Waals surface area contributed by atoms with E-state index in [4.69, 9.17) is 14.2 Å². The summed E-state index contributed by atoms with van der Waals surface area (Å²) < 4.78 is 16.2. The van der Waals surface area contributed by atoms with E-state index < -0.39 is 0 Å². The maximum Gasteiger partial charge on any atom is 0.258 e. The third-order valence-electron chi connectivity index (χ3n) is 4.75. The molecule has 1 atom stereocenters. The predicted molar refractivity (Wildman–Crippen MR) is 113 cm³/mol. The van der Waals surface area contributed by atoms with Gasteiger partial charge < -0.3 is 19.5 Å². The van der Waals surface area contributed by atoms with Gasteiger partial charge in [0.05, 0.1) is 26.9 Å². The molecule has 1 saturated heterocycles. The smallest absolute Gasteiger partial charge is 0.258 e. The molecule has 1 amide bonds. The Balaban J connectivity index is 1.78. The summed E-state index contributed by atoms with van der Waals surface area (Å²) in [5.74, 6) is 1.15. The number of aryl methyl sites for hydroxylation is 1. The molecule has 3 rings (SSSR count). The molecule has 0 bridgehead atoms. The first kappa shape index (κ1) is 20.7. The Morgan fingerprint density at radius 1 is 1.17 bits per heavy atom. The number of hydrogen-bond donors (Lipinski definition) is 2. The second kappa shape index (κ2) is 9.93. The highest BCUT2D eigenvalue weighted by atomic mass is 16.5. The highest BCUT2D eigenvalue weighted by Crippen LogP contribution is 2.27. The van der Waals surface area contributed by atoms with E-state index in [0.29, 0.717) is 29.6 Å². The van der Waals surface area contributed by atoms with Gasteiger partial charge in [0, 0.05) is 17.9 Å². The molecule has 2 aromatic rings. The average Bonchev–Trinajstić information content (AvgIpc) is 3.26. The van der Waals surface area contributed by atoms with Crippen molar-refractivity contribution in [3.05, 3.63) is 53.6 Å². The van der Waals surface area contributed by atoms with Crippen molar-refractivity contribution in [3.8, 4) is 11.5 Å². The second-order valence-corrected chi connectivity index (χ2v) is 6.79. The van der Waals surface area contributed by atoms with Crippen LogP contribution < -0.4 is 20.1 Å². The lowest BCUT2D eigenvalue weighted by molar-refractivity contribution is 0.0975. The highest BCUT2D eigenvalue weighted by Gasteiger charge is 2.17. The maximum atomic E-state index is 12.8. The number of guanidine groups is 1. The number of hydrogen-bond acceptors (Lipinski definition) is 5. The van der Waals surface area contributed by atoms with Gasteiger partial charge >= 0.3 is 0 Å². The molecular weight excluding hydrogens is 370 g/mol. The van der Waals surface area contributed by atoms with Gasteiger partial charge in [-0.25, -0.2) is 4.99 Å². The van der Waals surface area contributed by atoms with Crippen LogP contribution in [0, 0.1) is 6.92 Å². The SMILES string of the molecule is COc1ccc(C(=O)NC(=NC[C@@H]2CCCO2)Nc2ccccc2C)cc1OC. The zero-order valence-corrected chi connectivity index (χ0v) is 17.0. The molecular formula is C22H27N3O4. The van der Waals surface area contributed by atoms with Crippen LogP contribution in [0.4, 0.5) is 5.69 Å². The lowest BCUT2D eigenvalue weighted by Gasteiger charge is -2.15. The second-order valence-electron chi connectivity index (χ2n) is 6.79. The quantitative estimate of drug-likeness (QED) is 0.577. The fourth-order valence-corrected chi connectivity index (χ4v) is 3.09. The number of benzene rings is 2. The van der Waals surface area contributed by atoms with Crippen molar-refractivity contribution in [3.63, 3.8) is 0 Å². The number of para-hydroxylation sites is 1. The largest absolute Gasteiger partial charge is 0.493 e. The minimum absolute atomic E-state index is 0.0849. The first-order valence-electron chi connectivity index (χ1n) is 9.62. The summed E-state index contributed by atoms with van der Waals surface area (Å²) in [6.45, 7) is 3.25. The molecule has 0 unspecified atom stereocenters. The van der Waals surface area contributed by atoms with Crippen LogP contribution >= 0.6 is 0 Å². The van der Waals surface area contributed by atoms with Crippen LogP contribution in [0.2, 0.25) is 0 Å². The zero-order chi connectivity index (χ0) is 20.6. The molecule has 1 aliphatic rings. The average molecular weight is 397 g/mol. The lowest BCUT2D eigenvalue weighted by atomic mass is 10.2. The Morgan fingerprint density at radius 3 is 2.66 bits per heavy atom. The Hall–Kier alpha value is -3.06. The number of ether oxygens (including phenoxy) is 3. The Kier molecular flexibility index (Phi) is 7.08. The zero-order valence-electron chi connectivity index (χ0n) is 17.0. The topological polar surface area (TPSA) is 81.2 Å². The van der Waals surface area contributed by atoms with Gasteiger partial charge in [0.25, 0.3) is 5.91 Å². The Bertz CT molecular complexity index is 876. The third-order valence-corrected chi connectivity index (χ3v) is 4.75. The third kappa shape index (κ3) is 5.48. The first-order chi connectivity index (χ1) is 14.1. The fraction of sp³-hybridized carbons (Fsp3) is 0.364. The molecule has 2 aromatic carbocycles. The summed E-state index contributed by atoms with van der Waals surface area (Å²) in [5, 5.41) is 6.10. The van der Waals surface area contributed by atoms with E-state index in [1.54, 1.807) is 25.3 Å². The Labute approximate surface area is 171 Å². The van der Waals surface area contributed by atoms with Gasteiger partial charge in [0.15, 0.2) is 11.5 Å². The van der Waals surface area contributed by atoms with Crippen molar-refractivity contribution in [2.45, 2.75) is 25.9 Å². The number of methoxy groups -OCH3 is 2. The number of amides is 1. The molecule has 2 N–H and O–H groups in total. The molecule has 1 fully saturated rings. The highest BCUT2D eigenvalue weighted by molar-refractivity contribution is 6.10. The van der Waals surface area contributed by atoms with Crippen LogP contribution in [0.5, 0.6) is 11.5 Å². The molecule has 0 saturated carbocycles. The van der Waals surface area contributed by atoms with Crippen molar-refractivity contribution in [2.75, 3.05) is 32.7 Å². The lowest BCUT2D eigenvalue weighted by Crippen LogP contribution is -2.37. The van der Waals surface area contributed by atoms with Gasteiger partial charge in [-0.2, -0.15) is 0 Å². The van der Waals surface area contributed by atoms with Crippen LogP contribution in [0.25, 0.3) is 0 Å². The fourth-order valence-electron chi connectivity index (χ4n) is 3.09. The number of rotatable bonds is 6. The number of anilines is 1. The van der Waals surface area contributed by atoms with Gasteiger partial charge in [-0.15, -0.1) is 0 Å². The first-order valence-corrected chi connectivity index (χ1v) is 9.62. The number of nitrogens with zero attached hydrogens (tertiary/aromatic N) is 1. The van der Waals surface area contributed by atoms with Gasteiger partial charge in [0.2, 0.25) is 5.96 Å². The van der Waals surface area contributed by atoms with E-state index in [2.05, 4.69) is 15.6 Å². The monoisotopic (exact) mass is 397 g/mol. The van der Waals surface area contributed by atoms with Crippen molar-refractivity contribution >= 4 is 17.6 Å². The number of carbonyl (C=O) groups is 1. The minimum atomic E-state index is -0.293. The van der Waals surface area contributed by atoms with E-state index in [-0.39, 0.29) is 12.0 Å². The van der Waals surface area contributed by atoms with Crippen molar-refractivity contribution in [1.29, 1.82) is 0 Å². The molecule has 0 spiro atoms. The molecule has 0 aliphatic carbocycles. The molecule has 0 aromatic heterocycles. The molecule has 1 aliphatic heterocycles. The maximum absolute atomic E-state index is 12.8. The van der Waals surface area contributed by atoms with Crippen LogP contribution in [0.1, 0.15) is 28.8 Å². The summed E-state index contributed by atoms with van der Waals surface area (Å²) >= 11 is 0. The van der Waals surface area contributed by atoms with E-state index >= 15 is 0 Å². The number of nitrogens with one attached hydrogen (secondary N) is 2. The number of carbonyl (C=O) groups excluding carboxylic acids is 1. The molecule has 1 heterocycles. The molecule has 7 nitrogen and oxygen atoms in total. The summed E-state index contributed by atoms with van der Waals surface area (Å²) in [4.78, 5) is 17.4. The molecule has 29 heavy (non-hydrogen) atoms. The molecule has 154 valence electrons. The van der Waals surface area contributed by atoms with Crippen LogP contribution in [-0.4, -0.2) is 45.3 Å². The standard InChI is InChI=1S/C22H27N3O4/c1-15-7-4-5-9-18(15)24-22(23-14-17-8-6-12-29-17)25-21(26)16-10-11-19(27-2)20(13-16)28-3/h4-5,7,9-11,13,17H,6,8,12,14H2,1-3H3,(H2,23,24,25,26)/t17-/m0/s1. The van der Waals surface area contributed by atoms with Gasteiger partial charge in [0.1, 0.15) is 0 Å².